The first-order chi connectivity index (χ1) is 7.67. The lowest BCUT2D eigenvalue weighted by Crippen LogP contribution is -2.20. The molecular formula is C11H16O5. The molecule has 0 unspecified atom stereocenters. The molecule has 0 aromatic carbocycles. The van der Waals surface area contributed by atoms with Crippen molar-refractivity contribution in [2.24, 2.45) is 0 Å². The predicted molar refractivity (Wildman–Crippen MR) is 55.8 cm³/mol. The number of aliphatic hydroxyl groups excluding tert-OH is 3. The van der Waals surface area contributed by atoms with Crippen molar-refractivity contribution >= 4 is 0 Å². The van der Waals surface area contributed by atoms with Crippen molar-refractivity contribution in [3.05, 3.63) is 24.8 Å². The van der Waals surface area contributed by atoms with Crippen LogP contribution in [-0.4, -0.2) is 58.6 Å². The molecule has 5 nitrogen and oxygen atoms in total. The van der Waals surface area contributed by atoms with Crippen molar-refractivity contribution in [1.29, 1.82) is 0 Å². The van der Waals surface area contributed by atoms with Gasteiger partial charge in [-0.15, -0.1) is 6.58 Å². The summed E-state index contributed by atoms with van der Waals surface area (Å²) >= 11 is 0. The maximum Gasteiger partial charge on any atom is 0.118 e. The van der Waals surface area contributed by atoms with Crippen LogP contribution < -0.4 is 0 Å². The van der Waals surface area contributed by atoms with E-state index < -0.39 is 12.2 Å². The summed E-state index contributed by atoms with van der Waals surface area (Å²) in [5, 5.41) is 27.3. The van der Waals surface area contributed by atoms with Gasteiger partial charge in [-0.1, -0.05) is 18.2 Å². The third-order valence-electron chi connectivity index (χ3n) is 2.76. The molecule has 5 heteroatoms. The van der Waals surface area contributed by atoms with Gasteiger partial charge in [-0.05, 0) is 0 Å². The van der Waals surface area contributed by atoms with Crippen LogP contribution in [0.4, 0.5) is 0 Å². The first-order valence-electron chi connectivity index (χ1n) is 5.26. The standard InChI is InChI=1S/C11H16O5/c1-2-6(13)10-8(15-10)3-4-9-11(16-9)7(14)5-12/h2-4,6-14H,1,5H2/b4-3+/t6-,7-,8+,9+,10-,11+/m1/s1. The fourth-order valence-corrected chi connectivity index (χ4v) is 1.62. The Balaban J connectivity index is 1.71. The van der Waals surface area contributed by atoms with Crippen LogP contribution in [0.15, 0.2) is 24.8 Å². The minimum atomic E-state index is -0.829. The molecule has 0 aromatic rings. The smallest absolute Gasteiger partial charge is 0.118 e. The summed E-state index contributed by atoms with van der Waals surface area (Å²) in [7, 11) is 0. The number of epoxide rings is 2. The summed E-state index contributed by atoms with van der Waals surface area (Å²) in [5.41, 5.74) is 0. The fourth-order valence-electron chi connectivity index (χ4n) is 1.62. The van der Waals surface area contributed by atoms with Crippen LogP contribution in [-0.2, 0) is 9.47 Å². The third-order valence-corrected chi connectivity index (χ3v) is 2.76. The van der Waals surface area contributed by atoms with E-state index in [-0.39, 0.29) is 31.0 Å². The van der Waals surface area contributed by atoms with Gasteiger partial charge in [0, 0.05) is 0 Å². The molecule has 6 atom stereocenters. The second kappa shape index (κ2) is 4.65. The van der Waals surface area contributed by atoms with Gasteiger partial charge in [-0.2, -0.15) is 0 Å². The first-order valence-corrected chi connectivity index (χ1v) is 5.26. The lowest BCUT2D eigenvalue weighted by atomic mass is 10.1. The minimum Gasteiger partial charge on any atom is -0.394 e. The van der Waals surface area contributed by atoms with Gasteiger partial charge in [0.05, 0.1) is 6.61 Å². The van der Waals surface area contributed by atoms with Crippen LogP contribution in [0, 0.1) is 0 Å². The number of hydrogen-bond acceptors (Lipinski definition) is 5. The molecule has 2 heterocycles. The fraction of sp³-hybridized carbons (Fsp3) is 0.636. The van der Waals surface area contributed by atoms with E-state index in [0.29, 0.717) is 0 Å². The van der Waals surface area contributed by atoms with Gasteiger partial charge in [0.1, 0.15) is 36.6 Å². The Morgan fingerprint density at radius 3 is 2.25 bits per heavy atom. The summed E-state index contributed by atoms with van der Waals surface area (Å²) < 4.78 is 10.3. The zero-order valence-corrected chi connectivity index (χ0v) is 8.77. The van der Waals surface area contributed by atoms with Gasteiger partial charge < -0.3 is 24.8 Å². The molecule has 0 aliphatic carbocycles. The van der Waals surface area contributed by atoms with Gasteiger partial charge >= 0.3 is 0 Å². The maximum absolute atomic E-state index is 9.35. The van der Waals surface area contributed by atoms with Crippen LogP contribution in [0.2, 0.25) is 0 Å². The lowest BCUT2D eigenvalue weighted by molar-refractivity contribution is 0.0706. The molecule has 2 aliphatic rings. The molecule has 2 aliphatic heterocycles. The van der Waals surface area contributed by atoms with Gasteiger partial charge in [0.15, 0.2) is 0 Å². The third kappa shape index (κ3) is 2.50. The highest BCUT2D eigenvalue weighted by atomic mass is 16.6. The van der Waals surface area contributed by atoms with Crippen molar-refractivity contribution in [3.8, 4) is 0 Å². The normalized spacial score (nSPS) is 40.7. The molecule has 16 heavy (non-hydrogen) atoms. The first kappa shape index (κ1) is 11.8. The van der Waals surface area contributed by atoms with E-state index >= 15 is 0 Å². The molecule has 90 valence electrons. The van der Waals surface area contributed by atoms with E-state index in [2.05, 4.69) is 6.58 Å². The monoisotopic (exact) mass is 228 g/mol. The van der Waals surface area contributed by atoms with Crippen LogP contribution in [0.5, 0.6) is 0 Å². The van der Waals surface area contributed by atoms with E-state index in [1.807, 2.05) is 0 Å². The Labute approximate surface area is 93.6 Å². The largest absolute Gasteiger partial charge is 0.394 e. The number of rotatable bonds is 6. The number of hydrogen-bond donors (Lipinski definition) is 3. The summed E-state index contributed by atoms with van der Waals surface area (Å²) in [6.07, 6.45) is 2.74. The Morgan fingerprint density at radius 2 is 1.69 bits per heavy atom. The summed E-state index contributed by atoms with van der Waals surface area (Å²) in [6.45, 7) is 3.17. The Kier molecular flexibility index (Phi) is 3.41. The second-order valence-electron chi connectivity index (χ2n) is 3.99. The number of aliphatic hydroxyl groups is 3. The quantitative estimate of drug-likeness (QED) is 0.400. The zero-order chi connectivity index (χ0) is 11.7. The van der Waals surface area contributed by atoms with Crippen LogP contribution in [0.3, 0.4) is 0 Å². The van der Waals surface area contributed by atoms with E-state index in [1.54, 1.807) is 12.2 Å². The highest BCUT2D eigenvalue weighted by molar-refractivity contribution is 5.13. The molecule has 0 bridgehead atoms. The number of ether oxygens (including phenoxy) is 2. The zero-order valence-electron chi connectivity index (χ0n) is 8.77. The highest BCUT2D eigenvalue weighted by Crippen LogP contribution is 2.31. The van der Waals surface area contributed by atoms with E-state index in [9.17, 15) is 10.2 Å². The molecule has 0 amide bonds. The lowest BCUT2D eigenvalue weighted by Gasteiger charge is -1.99. The van der Waals surface area contributed by atoms with Crippen molar-refractivity contribution in [3.63, 3.8) is 0 Å². The minimum absolute atomic E-state index is 0.107. The van der Waals surface area contributed by atoms with Crippen LogP contribution in [0.25, 0.3) is 0 Å². The van der Waals surface area contributed by atoms with Crippen LogP contribution in [0.1, 0.15) is 0 Å². The Morgan fingerprint density at radius 1 is 1.12 bits per heavy atom. The highest BCUT2D eigenvalue weighted by Gasteiger charge is 2.45. The molecular weight excluding hydrogens is 212 g/mol. The average molecular weight is 228 g/mol. The van der Waals surface area contributed by atoms with E-state index in [1.165, 1.54) is 6.08 Å². The van der Waals surface area contributed by atoms with E-state index in [0.717, 1.165) is 0 Å². The Bertz CT molecular complexity index is 290. The molecule has 3 N–H and O–H groups in total. The summed E-state index contributed by atoms with van der Waals surface area (Å²) in [5.74, 6) is 0. The molecule has 0 radical (unpaired) electrons. The van der Waals surface area contributed by atoms with Crippen molar-refractivity contribution in [2.75, 3.05) is 6.61 Å². The molecule has 0 aromatic heterocycles. The second-order valence-corrected chi connectivity index (χ2v) is 3.99. The molecule has 2 saturated heterocycles. The summed E-state index contributed by atoms with van der Waals surface area (Å²) in [6, 6.07) is 0. The van der Waals surface area contributed by atoms with Gasteiger partial charge in [-0.3, -0.25) is 0 Å². The van der Waals surface area contributed by atoms with Gasteiger partial charge in [0.25, 0.3) is 0 Å². The van der Waals surface area contributed by atoms with Gasteiger partial charge in [-0.25, -0.2) is 0 Å². The van der Waals surface area contributed by atoms with Gasteiger partial charge in [0.2, 0.25) is 0 Å². The molecule has 2 rings (SSSR count). The molecule has 2 fully saturated rings. The van der Waals surface area contributed by atoms with Crippen molar-refractivity contribution < 1.29 is 24.8 Å². The van der Waals surface area contributed by atoms with Crippen molar-refractivity contribution in [2.45, 2.75) is 36.6 Å². The SMILES string of the molecule is C=C[C@@H](O)[C@H]1O[C@H]1/C=C/[C@@H]1O[C@H]1[C@H](O)CO. The molecule has 0 saturated carbocycles. The molecule has 0 spiro atoms. The summed E-state index contributed by atoms with van der Waals surface area (Å²) in [4.78, 5) is 0. The van der Waals surface area contributed by atoms with Crippen LogP contribution >= 0.6 is 0 Å². The topological polar surface area (TPSA) is 85.8 Å². The van der Waals surface area contributed by atoms with E-state index in [4.69, 9.17) is 14.6 Å². The maximum atomic E-state index is 9.35. The Hall–Kier alpha value is -0.720. The average Bonchev–Trinajstić information content (AvgIpc) is 3.17. The van der Waals surface area contributed by atoms with Crippen molar-refractivity contribution in [1.82, 2.24) is 0 Å². The predicted octanol–water partition coefficient (Wildman–Crippen LogP) is -1.02.